The molecule has 21 heavy (non-hydrogen) atoms. The fourth-order valence-electron chi connectivity index (χ4n) is 1.85. The minimum absolute atomic E-state index is 0.0710. The normalized spacial score (nSPS) is 10.6. The highest BCUT2D eigenvalue weighted by Gasteiger charge is 2.08. The van der Waals surface area contributed by atoms with Crippen molar-refractivity contribution in [1.82, 2.24) is 9.88 Å². The number of thiazole rings is 1. The molecule has 0 saturated carbocycles. The van der Waals surface area contributed by atoms with Crippen LogP contribution in [0.2, 0.25) is 0 Å². The van der Waals surface area contributed by atoms with Gasteiger partial charge < -0.3 is 9.88 Å². The topological polar surface area (TPSA) is 51.1 Å². The summed E-state index contributed by atoms with van der Waals surface area (Å²) in [6, 6.07) is 4.58. The van der Waals surface area contributed by atoms with Gasteiger partial charge in [-0.15, -0.1) is 0 Å². The summed E-state index contributed by atoms with van der Waals surface area (Å²) < 4.78 is 15.8. The van der Waals surface area contributed by atoms with Gasteiger partial charge in [-0.25, -0.2) is 4.39 Å². The van der Waals surface area contributed by atoms with Crippen LogP contribution in [0.1, 0.15) is 17.7 Å². The lowest BCUT2D eigenvalue weighted by Crippen LogP contribution is -2.26. The summed E-state index contributed by atoms with van der Waals surface area (Å²) in [7, 11) is 0. The minimum atomic E-state index is -0.358. The molecule has 1 aromatic carbocycles. The number of carbonyl (C=O) groups excluding carboxylic acids is 1. The summed E-state index contributed by atoms with van der Waals surface area (Å²) >= 11 is 4.38. The van der Waals surface area contributed by atoms with E-state index in [1.807, 2.05) is 6.92 Å². The largest absolute Gasteiger partial charge is 0.352 e. The number of carbonyl (C=O) groups is 1. The van der Waals surface area contributed by atoms with E-state index in [-0.39, 0.29) is 29.6 Å². The minimum Gasteiger partial charge on any atom is -0.352 e. The fraction of sp³-hybridized carbons (Fsp3) is 0.286. The number of aromatic nitrogens is 1. The van der Waals surface area contributed by atoms with Crippen molar-refractivity contribution in [2.24, 2.45) is 0 Å². The van der Waals surface area contributed by atoms with Crippen molar-refractivity contribution >= 4 is 33.2 Å². The van der Waals surface area contributed by atoms with Gasteiger partial charge in [0.05, 0.1) is 0 Å². The monoisotopic (exact) mass is 372 g/mol. The lowest BCUT2D eigenvalue weighted by atomic mass is 10.2. The van der Waals surface area contributed by atoms with Gasteiger partial charge in [0.1, 0.15) is 5.82 Å². The molecule has 1 aromatic heterocycles. The highest BCUT2D eigenvalue weighted by atomic mass is 79.9. The Morgan fingerprint density at radius 2 is 2.24 bits per heavy atom. The van der Waals surface area contributed by atoms with Crippen molar-refractivity contribution < 1.29 is 9.18 Å². The third kappa shape index (κ3) is 4.25. The van der Waals surface area contributed by atoms with Gasteiger partial charge in [0.2, 0.25) is 5.91 Å². The Morgan fingerprint density at radius 1 is 1.48 bits per heavy atom. The predicted octanol–water partition coefficient (Wildman–Crippen LogP) is 2.83. The van der Waals surface area contributed by atoms with Crippen LogP contribution in [-0.4, -0.2) is 10.5 Å². The van der Waals surface area contributed by atoms with Crippen molar-refractivity contribution in [3.05, 3.63) is 54.8 Å². The zero-order valence-electron chi connectivity index (χ0n) is 11.4. The summed E-state index contributed by atoms with van der Waals surface area (Å²) in [6.45, 7) is 2.29. The summed E-state index contributed by atoms with van der Waals surface area (Å²) in [5, 5.41) is 4.42. The molecular weight excluding hydrogens is 359 g/mol. The number of halogens is 2. The average Bonchev–Trinajstić information content (AvgIpc) is 2.77. The van der Waals surface area contributed by atoms with E-state index < -0.39 is 0 Å². The Hall–Kier alpha value is -1.47. The fourth-order valence-corrected chi connectivity index (χ4v) is 3.02. The van der Waals surface area contributed by atoms with Crippen LogP contribution < -0.4 is 10.2 Å². The van der Waals surface area contributed by atoms with Crippen LogP contribution in [0.4, 0.5) is 4.39 Å². The second-order valence-corrected chi connectivity index (χ2v) is 6.29. The number of rotatable bonds is 5. The number of amides is 1. The maximum Gasteiger partial charge on any atom is 0.307 e. The van der Waals surface area contributed by atoms with E-state index in [1.54, 1.807) is 22.1 Å². The van der Waals surface area contributed by atoms with E-state index in [0.717, 1.165) is 21.5 Å². The van der Waals surface area contributed by atoms with Crippen LogP contribution in [0.3, 0.4) is 0 Å². The second kappa shape index (κ2) is 7.00. The van der Waals surface area contributed by atoms with E-state index in [2.05, 4.69) is 21.2 Å². The molecule has 0 aliphatic carbocycles. The van der Waals surface area contributed by atoms with Crippen molar-refractivity contribution in [2.45, 2.75) is 26.4 Å². The molecule has 2 rings (SSSR count). The summed E-state index contributed by atoms with van der Waals surface area (Å²) in [4.78, 5) is 23.2. The van der Waals surface area contributed by atoms with Gasteiger partial charge in [-0.1, -0.05) is 27.3 Å². The van der Waals surface area contributed by atoms with Gasteiger partial charge in [0.25, 0.3) is 0 Å². The standard InChI is InChI=1S/C14H14BrFN2O2S/c1-9-8-21-14(20)18(9)5-4-13(19)17-7-10-6-11(15)2-3-12(10)16/h2-3,6,8H,4-5,7H2,1H3,(H,17,19). The molecule has 1 heterocycles. The van der Waals surface area contributed by atoms with Crippen LogP contribution >= 0.6 is 27.3 Å². The first kappa shape index (κ1) is 15.9. The summed E-state index contributed by atoms with van der Waals surface area (Å²) in [5.74, 6) is -0.574. The quantitative estimate of drug-likeness (QED) is 0.877. The first-order valence-electron chi connectivity index (χ1n) is 6.33. The van der Waals surface area contributed by atoms with Crippen LogP contribution in [0.5, 0.6) is 0 Å². The van der Waals surface area contributed by atoms with Gasteiger partial charge in [-0.05, 0) is 25.1 Å². The van der Waals surface area contributed by atoms with Gasteiger partial charge in [-0.2, -0.15) is 0 Å². The van der Waals surface area contributed by atoms with E-state index in [0.29, 0.717) is 12.1 Å². The molecule has 1 amide bonds. The predicted molar refractivity (Wildman–Crippen MR) is 83.9 cm³/mol. The van der Waals surface area contributed by atoms with Gasteiger partial charge in [-0.3, -0.25) is 9.59 Å². The molecule has 0 fully saturated rings. The lowest BCUT2D eigenvalue weighted by molar-refractivity contribution is -0.121. The van der Waals surface area contributed by atoms with Crippen molar-refractivity contribution in [1.29, 1.82) is 0 Å². The second-order valence-electron chi connectivity index (χ2n) is 4.56. The van der Waals surface area contributed by atoms with Crippen molar-refractivity contribution in [3.63, 3.8) is 0 Å². The van der Waals surface area contributed by atoms with Crippen LogP contribution in [0, 0.1) is 12.7 Å². The molecule has 0 spiro atoms. The average molecular weight is 373 g/mol. The molecule has 0 saturated heterocycles. The zero-order valence-corrected chi connectivity index (χ0v) is 13.8. The van der Waals surface area contributed by atoms with E-state index in [1.165, 1.54) is 6.07 Å². The molecular formula is C14H14BrFN2O2S. The SMILES string of the molecule is Cc1csc(=O)n1CCC(=O)NCc1cc(Br)ccc1F. The van der Waals surface area contributed by atoms with Crippen LogP contribution in [-0.2, 0) is 17.9 Å². The van der Waals surface area contributed by atoms with Crippen LogP contribution in [0.15, 0.2) is 32.8 Å². The Kier molecular flexibility index (Phi) is 5.30. The molecule has 0 aliphatic heterocycles. The van der Waals surface area contributed by atoms with Crippen LogP contribution in [0.25, 0.3) is 0 Å². The molecule has 2 aromatic rings. The van der Waals surface area contributed by atoms with Gasteiger partial charge in [0.15, 0.2) is 0 Å². The molecule has 1 N–H and O–H groups in total. The molecule has 112 valence electrons. The smallest absolute Gasteiger partial charge is 0.307 e. The third-order valence-corrected chi connectivity index (χ3v) is 4.40. The zero-order chi connectivity index (χ0) is 15.4. The number of aryl methyl sites for hydroxylation is 1. The molecule has 4 nitrogen and oxygen atoms in total. The number of benzene rings is 1. The maximum atomic E-state index is 13.5. The summed E-state index contributed by atoms with van der Waals surface area (Å²) in [5.41, 5.74) is 1.26. The van der Waals surface area contributed by atoms with Gasteiger partial charge in [0, 0.05) is 40.6 Å². The Bertz CT molecular complexity index is 711. The number of nitrogens with zero attached hydrogens (tertiary/aromatic N) is 1. The molecule has 0 aliphatic rings. The molecule has 0 bridgehead atoms. The molecule has 7 heteroatoms. The molecule has 0 unspecified atom stereocenters. The van der Waals surface area contributed by atoms with Crippen molar-refractivity contribution in [2.75, 3.05) is 0 Å². The Morgan fingerprint density at radius 3 is 2.90 bits per heavy atom. The van der Waals surface area contributed by atoms with E-state index in [4.69, 9.17) is 0 Å². The number of nitrogens with one attached hydrogen (secondary N) is 1. The number of hydrogen-bond donors (Lipinski definition) is 1. The lowest BCUT2D eigenvalue weighted by Gasteiger charge is -2.08. The molecule has 0 radical (unpaired) electrons. The highest BCUT2D eigenvalue weighted by Crippen LogP contribution is 2.15. The third-order valence-electron chi connectivity index (χ3n) is 3.02. The van der Waals surface area contributed by atoms with E-state index in [9.17, 15) is 14.0 Å². The Balaban J connectivity index is 1.88. The molecule has 0 atom stereocenters. The highest BCUT2D eigenvalue weighted by molar-refractivity contribution is 9.10. The first-order chi connectivity index (χ1) is 9.97. The first-order valence-corrected chi connectivity index (χ1v) is 8.00. The Labute approximate surface area is 133 Å². The maximum absolute atomic E-state index is 13.5. The van der Waals surface area contributed by atoms with E-state index >= 15 is 0 Å². The summed E-state index contributed by atoms with van der Waals surface area (Å²) in [6.07, 6.45) is 0.188. The van der Waals surface area contributed by atoms with Crippen molar-refractivity contribution in [3.8, 4) is 0 Å². The number of hydrogen-bond acceptors (Lipinski definition) is 3. The van der Waals surface area contributed by atoms with Gasteiger partial charge >= 0.3 is 4.87 Å².